The highest BCUT2D eigenvalue weighted by atomic mass is 16.5. The van der Waals surface area contributed by atoms with E-state index in [1.807, 2.05) is 0 Å². The van der Waals surface area contributed by atoms with Gasteiger partial charge in [0.1, 0.15) is 5.75 Å². The fourth-order valence-corrected chi connectivity index (χ4v) is 4.70. The van der Waals surface area contributed by atoms with Crippen molar-refractivity contribution < 1.29 is 9.91 Å². The molecule has 2 aromatic carbocycles. The summed E-state index contributed by atoms with van der Waals surface area (Å²) in [7, 11) is 0. The first-order valence-corrected chi connectivity index (χ1v) is 9.71. The van der Waals surface area contributed by atoms with Crippen LogP contribution in [-0.4, -0.2) is 0 Å². The molecule has 4 bridgehead atoms. The van der Waals surface area contributed by atoms with Crippen LogP contribution < -0.4 is 26.8 Å². The molecular weight excluding hydrogens is 352 g/mol. The second-order valence-corrected chi connectivity index (χ2v) is 8.01. The molecular formula is C22H24N4O2. The number of hydrogen-bond acceptors (Lipinski definition) is 5. The van der Waals surface area contributed by atoms with Crippen LogP contribution in [0.25, 0.3) is 0 Å². The summed E-state index contributed by atoms with van der Waals surface area (Å²) in [6.07, 6.45) is 6.95. The Hall–Kier alpha value is -2.96. The Morgan fingerprint density at radius 2 is 1.89 bits per heavy atom. The van der Waals surface area contributed by atoms with E-state index in [1.165, 1.54) is 12.0 Å². The highest BCUT2D eigenvalue weighted by Crippen LogP contribution is 2.49. The first-order chi connectivity index (χ1) is 13.5. The molecule has 0 spiro atoms. The zero-order valence-corrected chi connectivity index (χ0v) is 15.6. The van der Waals surface area contributed by atoms with Crippen molar-refractivity contribution in [3.05, 3.63) is 70.6 Å². The van der Waals surface area contributed by atoms with Gasteiger partial charge in [-0.3, -0.25) is 0 Å². The lowest BCUT2D eigenvalue weighted by Crippen LogP contribution is -3.09. The third kappa shape index (κ3) is 3.10. The van der Waals surface area contributed by atoms with Gasteiger partial charge in [-0.05, 0) is 61.4 Å². The molecule has 3 atom stereocenters. The molecule has 4 aliphatic carbocycles. The number of quaternary nitrogens is 1. The molecule has 0 amide bonds. The molecule has 28 heavy (non-hydrogen) atoms. The lowest BCUT2D eigenvalue weighted by Gasteiger charge is -2.43. The van der Waals surface area contributed by atoms with E-state index in [4.69, 9.17) is 16.2 Å². The minimum atomic E-state index is -0.0663. The van der Waals surface area contributed by atoms with E-state index < -0.39 is 0 Å². The summed E-state index contributed by atoms with van der Waals surface area (Å²) in [5.41, 5.74) is 20.7. The standard InChI is InChI=1S/C22H24N4O2/c23-17-1-6-20(24)21(12-17)28-19-4-2-18(3-5-19)26(27)25-22-15-8-13-7-14(10-15)11-16(22)9-13/h1-6,8,12,14-15,25-26H,7,9-11,23-24H2. The monoisotopic (exact) mass is 376 g/mol. The van der Waals surface area contributed by atoms with Gasteiger partial charge >= 0.3 is 0 Å². The molecule has 1 fully saturated rings. The average molecular weight is 376 g/mol. The Morgan fingerprint density at radius 3 is 2.64 bits per heavy atom. The summed E-state index contributed by atoms with van der Waals surface area (Å²) in [5, 5.41) is 12.7. The van der Waals surface area contributed by atoms with Crippen LogP contribution in [0.2, 0.25) is 0 Å². The number of anilines is 2. The van der Waals surface area contributed by atoms with Crippen molar-refractivity contribution in [2.24, 2.45) is 11.8 Å². The molecule has 2 aromatic rings. The molecule has 3 unspecified atom stereocenters. The lowest BCUT2D eigenvalue weighted by atomic mass is 9.65. The number of nitrogens with two attached hydrogens (primary N) is 2. The Morgan fingerprint density at radius 1 is 1.07 bits per heavy atom. The molecule has 4 aliphatic rings. The minimum absolute atomic E-state index is 0.0663. The summed E-state index contributed by atoms with van der Waals surface area (Å²) in [6.45, 7) is 0. The molecule has 0 heterocycles. The Kier molecular flexibility index (Phi) is 4.03. The van der Waals surface area contributed by atoms with Crippen molar-refractivity contribution >= 4 is 17.1 Å². The third-order valence-corrected chi connectivity index (χ3v) is 5.93. The predicted octanol–water partition coefficient (Wildman–Crippen LogP) is 3.18. The predicted molar refractivity (Wildman–Crippen MR) is 109 cm³/mol. The average Bonchev–Trinajstić information content (AvgIpc) is 2.67. The van der Waals surface area contributed by atoms with Crippen LogP contribution in [-0.2, 0) is 0 Å². The first kappa shape index (κ1) is 17.2. The van der Waals surface area contributed by atoms with Crippen LogP contribution in [0.4, 0.5) is 17.1 Å². The van der Waals surface area contributed by atoms with Crippen molar-refractivity contribution in [1.29, 1.82) is 0 Å². The number of ether oxygens (including phenoxy) is 1. The van der Waals surface area contributed by atoms with Gasteiger partial charge in [-0.2, -0.15) is 0 Å². The molecule has 1 saturated carbocycles. The van der Waals surface area contributed by atoms with Crippen LogP contribution in [0.15, 0.2) is 65.4 Å². The van der Waals surface area contributed by atoms with Gasteiger partial charge in [0.2, 0.25) is 0 Å². The number of nitrogens with one attached hydrogen (secondary N) is 2. The van der Waals surface area contributed by atoms with E-state index in [1.54, 1.807) is 48.0 Å². The van der Waals surface area contributed by atoms with Gasteiger partial charge in [0, 0.05) is 29.8 Å². The second-order valence-electron chi connectivity index (χ2n) is 8.01. The maximum atomic E-state index is 12.8. The van der Waals surface area contributed by atoms with E-state index in [-0.39, 0.29) is 5.17 Å². The van der Waals surface area contributed by atoms with Crippen molar-refractivity contribution in [3.63, 3.8) is 0 Å². The summed E-state index contributed by atoms with van der Waals surface area (Å²) in [5.74, 6) is 2.29. The molecule has 6 N–H and O–H groups in total. The van der Waals surface area contributed by atoms with Crippen LogP contribution in [0.5, 0.6) is 11.5 Å². The number of rotatable bonds is 5. The van der Waals surface area contributed by atoms with E-state index >= 15 is 0 Å². The van der Waals surface area contributed by atoms with E-state index in [0.29, 0.717) is 34.5 Å². The molecule has 0 radical (unpaired) electrons. The zero-order valence-electron chi connectivity index (χ0n) is 15.6. The first-order valence-electron chi connectivity index (χ1n) is 9.71. The lowest BCUT2D eigenvalue weighted by molar-refractivity contribution is -0.823. The minimum Gasteiger partial charge on any atom is -0.603 e. The van der Waals surface area contributed by atoms with Crippen LogP contribution in [0.1, 0.15) is 25.7 Å². The maximum Gasteiger partial charge on any atom is 0.156 e. The molecule has 6 nitrogen and oxygen atoms in total. The van der Waals surface area contributed by atoms with Gasteiger partial charge in [-0.1, -0.05) is 11.6 Å². The quantitative estimate of drug-likeness (QED) is 0.365. The van der Waals surface area contributed by atoms with Gasteiger partial charge in [-0.15, -0.1) is 0 Å². The summed E-state index contributed by atoms with van der Waals surface area (Å²) >= 11 is 0. The van der Waals surface area contributed by atoms with Crippen LogP contribution in [0, 0.1) is 17.0 Å². The fraction of sp³-hybridized carbons (Fsp3) is 0.273. The highest BCUT2D eigenvalue weighted by Gasteiger charge is 2.37. The van der Waals surface area contributed by atoms with Gasteiger partial charge < -0.3 is 21.4 Å². The number of nitrogen functional groups attached to an aromatic ring is 2. The fourth-order valence-electron chi connectivity index (χ4n) is 4.70. The summed E-state index contributed by atoms with van der Waals surface area (Å²) < 4.78 is 5.80. The molecule has 6 rings (SSSR count). The number of hydrogen-bond donors (Lipinski definition) is 4. The largest absolute Gasteiger partial charge is 0.603 e. The van der Waals surface area contributed by atoms with E-state index in [9.17, 15) is 5.21 Å². The van der Waals surface area contributed by atoms with Crippen molar-refractivity contribution in [2.45, 2.75) is 25.7 Å². The van der Waals surface area contributed by atoms with Gasteiger partial charge in [-0.25, -0.2) is 10.6 Å². The topological polar surface area (TPSA) is 101 Å². The van der Waals surface area contributed by atoms with E-state index in [0.717, 1.165) is 30.9 Å². The van der Waals surface area contributed by atoms with Crippen LogP contribution in [0.3, 0.4) is 0 Å². The molecule has 144 valence electrons. The normalized spacial score (nSPS) is 23.5. The molecule has 0 aliphatic heterocycles. The Labute approximate surface area is 164 Å². The van der Waals surface area contributed by atoms with Gasteiger partial charge in [0.15, 0.2) is 11.4 Å². The Bertz CT molecular complexity index is 981. The Balaban J connectivity index is 1.29. The maximum absolute atomic E-state index is 12.8. The van der Waals surface area contributed by atoms with Crippen molar-refractivity contribution in [3.8, 4) is 11.5 Å². The number of allylic oxidation sites excluding steroid dienone is 3. The van der Waals surface area contributed by atoms with Crippen molar-refractivity contribution in [1.82, 2.24) is 5.43 Å². The van der Waals surface area contributed by atoms with Gasteiger partial charge in [0.05, 0.1) is 11.4 Å². The number of benzene rings is 2. The summed E-state index contributed by atoms with van der Waals surface area (Å²) in [6, 6.07) is 12.2. The summed E-state index contributed by atoms with van der Waals surface area (Å²) in [4.78, 5) is 0. The molecule has 0 saturated heterocycles. The second kappa shape index (κ2) is 6.58. The third-order valence-electron chi connectivity index (χ3n) is 5.93. The van der Waals surface area contributed by atoms with Gasteiger partial charge in [0.25, 0.3) is 0 Å². The van der Waals surface area contributed by atoms with Crippen LogP contribution >= 0.6 is 0 Å². The van der Waals surface area contributed by atoms with Crippen molar-refractivity contribution in [2.75, 3.05) is 11.5 Å². The SMILES string of the molecule is Nc1ccc(N)c(Oc2ccc([NH+]([O-])NC3=C4CC5=CC3CC(C5)C4)cc2)c1. The van der Waals surface area contributed by atoms with E-state index in [2.05, 4.69) is 11.5 Å². The molecule has 0 aromatic heterocycles. The smallest absolute Gasteiger partial charge is 0.156 e. The zero-order chi connectivity index (χ0) is 19.3. The highest BCUT2D eigenvalue weighted by molar-refractivity contribution is 5.60. The molecule has 6 heteroatoms.